The van der Waals surface area contributed by atoms with Crippen LogP contribution >= 0.6 is 11.6 Å². The number of halogens is 1. The molecule has 4 rings (SSSR count). The van der Waals surface area contributed by atoms with Gasteiger partial charge in [-0.3, -0.25) is 4.79 Å². The minimum Gasteiger partial charge on any atom is -0.549 e. The first-order chi connectivity index (χ1) is 17.4. The molecule has 0 saturated heterocycles. The first-order valence-corrected chi connectivity index (χ1v) is 11.7. The second kappa shape index (κ2) is 12.6. The molecule has 1 atom stereocenters. The fourth-order valence-corrected chi connectivity index (χ4v) is 4.40. The number of amides is 1. The smallest absolute Gasteiger partial charge is 0.549 e. The van der Waals surface area contributed by atoms with Crippen molar-refractivity contribution in [2.24, 2.45) is 0 Å². The Labute approximate surface area is 242 Å². The summed E-state index contributed by atoms with van der Waals surface area (Å²) in [5.41, 5.74) is 1.43. The molecule has 188 valence electrons. The average molecular weight is 534 g/mol. The summed E-state index contributed by atoms with van der Waals surface area (Å²) < 4.78 is 22.4. The van der Waals surface area contributed by atoms with Gasteiger partial charge in [-0.1, -0.05) is 23.7 Å². The first kappa shape index (κ1) is 28.7. The minimum absolute atomic E-state index is 0. The second-order valence-electron chi connectivity index (χ2n) is 8.02. The zero-order valence-electron chi connectivity index (χ0n) is 21.1. The molecule has 0 saturated carbocycles. The number of ether oxygens (including phenoxy) is 4. The molecule has 0 radical (unpaired) electrons. The maximum atomic E-state index is 13.4. The van der Waals surface area contributed by atoms with Gasteiger partial charge in [0.2, 0.25) is 0 Å². The number of anilines is 1. The topological polar surface area (TPSA) is 97.4 Å². The van der Waals surface area contributed by atoms with E-state index in [1.165, 1.54) is 20.3 Å². The molecule has 1 heterocycles. The Hall–Kier alpha value is -2.91. The van der Waals surface area contributed by atoms with E-state index in [0.717, 1.165) is 0 Å². The van der Waals surface area contributed by atoms with Crippen molar-refractivity contribution in [3.05, 3.63) is 70.7 Å². The van der Waals surface area contributed by atoms with Crippen LogP contribution in [0.3, 0.4) is 0 Å². The standard InChI is InChI=1S/C27H26ClNO7.Na/c1-4-29(25-22(33-2)6-5-7-23(25)34-3)26(30)16-8-11-21(20(28)14-16)36-17-9-10-18-19(27(31)32)12-13-35-24(18)15-17;/h5-11,14-15,19H,4,12-13H2,1-3H3,(H,31,32);/q;+1/p-1. The van der Waals surface area contributed by atoms with Crippen LogP contribution in [-0.4, -0.2) is 39.2 Å². The molecule has 0 aromatic heterocycles. The zero-order valence-corrected chi connectivity index (χ0v) is 23.8. The number of hydrogen-bond donors (Lipinski definition) is 0. The summed E-state index contributed by atoms with van der Waals surface area (Å²) >= 11 is 6.48. The molecule has 0 spiro atoms. The zero-order chi connectivity index (χ0) is 25.8. The minimum atomic E-state index is -1.14. The number of carbonyl (C=O) groups is 2. The molecule has 0 N–H and O–H groups in total. The Morgan fingerprint density at radius 3 is 2.35 bits per heavy atom. The van der Waals surface area contributed by atoms with Gasteiger partial charge in [-0.2, -0.15) is 0 Å². The SMILES string of the molecule is CCN(C(=O)c1ccc(Oc2ccc3c(c2)OCCC3C(=O)[O-])c(Cl)c1)c1c(OC)cccc1OC.[Na+]. The van der Waals surface area contributed by atoms with Crippen LogP contribution in [-0.2, 0) is 4.79 Å². The van der Waals surface area contributed by atoms with Gasteiger partial charge >= 0.3 is 29.6 Å². The van der Waals surface area contributed by atoms with Crippen molar-refractivity contribution in [2.45, 2.75) is 19.3 Å². The Kier molecular flexibility index (Phi) is 9.73. The number of benzene rings is 3. The maximum Gasteiger partial charge on any atom is 1.00 e. The molecular weight excluding hydrogens is 509 g/mol. The number of aliphatic carboxylic acids is 1. The molecular formula is C27H25ClNNaO7. The number of para-hydroxylation sites is 1. The third-order valence-electron chi connectivity index (χ3n) is 5.95. The summed E-state index contributed by atoms with van der Waals surface area (Å²) in [6, 6.07) is 15.0. The van der Waals surface area contributed by atoms with Gasteiger partial charge in [-0.15, -0.1) is 0 Å². The average Bonchev–Trinajstić information content (AvgIpc) is 2.89. The number of carboxylic acid groups (broad SMARTS) is 1. The third-order valence-corrected chi connectivity index (χ3v) is 6.24. The third kappa shape index (κ3) is 5.99. The molecule has 3 aromatic rings. The fraction of sp³-hybridized carbons (Fsp3) is 0.259. The molecule has 8 nitrogen and oxygen atoms in total. The first-order valence-electron chi connectivity index (χ1n) is 11.4. The normalized spacial score (nSPS) is 13.9. The molecule has 10 heteroatoms. The molecule has 3 aromatic carbocycles. The Morgan fingerprint density at radius 2 is 1.76 bits per heavy atom. The van der Waals surface area contributed by atoms with Crippen molar-refractivity contribution < 1.29 is 63.2 Å². The number of nitrogens with zero attached hydrogens (tertiary/aromatic N) is 1. The maximum absolute atomic E-state index is 13.4. The Balaban J connectivity index is 0.00000380. The van der Waals surface area contributed by atoms with E-state index >= 15 is 0 Å². The summed E-state index contributed by atoms with van der Waals surface area (Å²) in [5, 5.41) is 11.6. The Bertz CT molecular complexity index is 1280. The summed E-state index contributed by atoms with van der Waals surface area (Å²) in [6.07, 6.45) is 0.354. The van der Waals surface area contributed by atoms with Crippen molar-refractivity contribution in [3.63, 3.8) is 0 Å². The molecule has 1 aliphatic heterocycles. The molecule has 0 bridgehead atoms. The monoisotopic (exact) mass is 533 g/mol. The summed E-state index contributed by atoms with van der Waals surface area (Å²) in [5.74, 6) is 0.0474. The van der Waals surface area contributed by atoms with E-state index in [1.54, 1.807) is 53.4 Å². The number of hydrogen-bond acceptors (Lipinski definition) is 7. The van der Waals surface area contributed by atoms with E-state index in [4.69, 9.17) is 30.5 Å². The van der Waals surface area contributed by atoms with Crippen LogP contribution in [0.25, 0.3) is 0 Å². The van der Waals surface area contributed by atoms with Gasteiger partial charge < -0.3 is 33.7 Å². The molecule has 1 amide bonds. The van der Waals surface area contributed by atoms with Crippen LogP contribution in [0.2, 0.25) is 5.02 Å². The number of carboxylic acids is 1. The van der Waals surface area contributed by atoms with E-state index in [0.29, 0.717) is 58.5 Å². The van der Waals surface area contributed by atoms with Gasteiger partial charge in [0.25, 0.3) is 5.91 Å². The summed E-state index contributed by atoms with van der Waals surface area (Å²) in [6.45, 7) is 2.50. The predicted octanol–water partition coefficient (Wildman–Crippen LogP) is 1.44. The van der Waals surface area contributed by atoms with Crippen molar-refractivity contribution in [2.75, 3.05) is 32.3 Å². The largest absolute Gasteiger partial charge is 1.00 e. The number of fused-ring (bicyclic) bond motifs is 1. The quantitative estimate of drug-likeness (QED) is 0.404. The van der Waals surface area contributed by atoms with Gasteiger partial charge in [0, 0.05) is 35.6 Å². The van der Waals surface area contributed by atoms with E-state index in [2.05, 4.69) is 0 Å². The molecule has 1 aliphatic rings. The number of methoxy groups -OCH3 is 2. The molecule has 0 aliphatic carbocycles. The van der Waals surface area contributed by atoms with Crippen molar-refractivity contribution >= 4 is 29.2 Å². The second-order valence-corrected chi connectivity index (χ2v) is 8.42. The van der Waals surface area contributed by atoms with E-state index in [1.807, 2.05) is 6.92 Å². The summed E-state index contributed by atoms with van der Waals surface area (Å²) in [4.78, 5) is 26.4. The fourth-order valence-electron chi connectivity index (χ4n) is 4.18. The van der Waals surface area contributed by atoms with Gasteiger partial charge in [-0.25, -0.2) is 0 Å². The molecule has 37 heavy (non-hydrogen) atoms. The van der Waals surface area contributed by atoms with Crippen LogP contribution in [0, 0.1) is 0 Å². The van der Waals surface area contributed by atoms with Crippen molar-refractivity contribution in [1.29, 1.82) is 0 Å². The van der Waals surface area contributed by atoms with Gasteiger partial charge in [0.05, 0.1) is 25.8 Å². The van der Waals surface area contributed by atoms with Crippen LogP contribution in [0.4, 0.5) is 5.69 Å². The van der Waals surface area contributed by atoms with E-state index in [9.17, 15) is 14.7 Å². The predicted molar refractivity (Wildman–Crippen MR) is 133 cm³/mol. The van der Waals surface area contributed by atoms with Crippen LogP contribution in [0.5, 0.6) is 28.7 Å². The van der Waals surface area contributed by atoms with Gasteiger partial charge in [0.1, 0.15) is 34.4 Å². The number of carbonyl (C=O) groups excluding carboxylic acids is 2. The van der Waals surface area contributed by atoms with Crippen LogP contribution in [0.15, 0.2) is 54.6 Å². The molecule has 0 fully saturated rings. The van der Waals surface area contributed by atoms with Gasteiger partial charge in [0.15, 0.2) is 0 Å². The van der Waals surface area contributed by atoms with E-state index in [-0.39, 0.29) is 47.1 Å². The Morgan fingerprint density at radius 1 is 1.05 bits per heavy atom. The summed E-state index contributed by atoms with van der Waals surface area (Å²) in [7, 11) is 3.06. The van der Waals surface area contributed by atoms with Crippen molar-refractivity contribution in [3.8, 4) is 28.7 Å². The van der Waals surface area contributed by atoms with Gasteiger partial charge in [-0.05, 0) is 49.7 Å². The van der Waals surface area contributed by atoms with Crippen LogP contribution < -0.4 is 58.5 Å². The molecule has 1 unspecified atom stereocenters. The van der Waals surface area contributed by atoms with Crippen LogP contribution in [0.1, 0.15) is 35.2 Å². The van der Waals surface area contributed by atoms with Crippen molar-refractivity contribution in [1.82, 2.24) is 0 Å². The number of rotatable bonds is 8. The van der Waals surface area contributed by atoms with E-state index < -0.39 is 11.9 Å².